The quantitative estimate of drug-likeness (QED) is 0.530. The van der Waals surface area contributed by atoms with Crippen LogP contribution >= 0.6 is 15.9 Å². The van der Waals surface area contributed by atoms with E-state index in [2.05, 4.69) is 26.8 Å². The van der Waals surface area contributed by atoms with E-state index in [4.69, 9.17) is 14.2 Å². The van der Waals surface area contributed by atoms with E-state index in [0.29, 0.717) is 11.3 Å². The molecule has 0 saturated carbocycles. The Labute approximate surface area is 163 Å². The van der Waals surface area contributed by atoms with Crippen molar-refractivity contribution in [2.45, 2.75) is 0 Å². The van der Waals surface area contributed by atoms with Gasteiger partial charge in [-0.1, -0.05) is 22.0 Å². The third kappa shape index (κ3) is 5.45. The first kappa shape index (κ1) is 20.2. The first-order valence-corrected chi connectivity index (χ1v) is 8.48. The van der Waals surface area contributed by atoms with Gasteiger partial charge in [0.2, 0.25) is 0 Å². The number of para-hydroxylation sites is 1. The van der Waals surface area contributed by atoms with E-state index in [-0.39, 0.29) is 11.3 Å². The maximum absolute atomic E-state index is 12.2. The first-order chi connectivity index (χ1) is 13.0. The summed E-state index contributed by atoms with van der Waals surface area (Å²) in [6.45, 7) is -0.584. The third-order valence-corrected chi connectivity index (χ3v) is 3.91. The number of hydrazine groups is 1. The lowest BCUT2D eigenvalue weighted by Crippen LogP contribution is -2.43. The number of methoxy groups -OCH3 is 2. The van der Waals surface area contributed by atoms with Gasteiger partial charge in [0, 0.05) is 10.0 Å². The smallest absolute Gasteiger partial charge is 0.342 e. The molecule has 0 aromatic heterocycles. The van der Waals surface area contributed by atoms with E-state index in [1.54, 1.807) is 36.4 Å². The molecule has 9 heteroatoms. The number of halogens is 1. The molecular weight excluding hydrogens is 420 g/mol. The molecule has 2 amide bonds. The monoisotopic (exact) mass is 436 g/mol. The first-order valence-electron chi connectivity index (χ1n) is 7.69. The molecule has 0 spiro atoms. The minimum atomic E-state index is -0.764. The highest BCUT2D eigenvalue weighted by Gasteiger charge is 2.18. The predicted octanol–water partition coefficient (Wildman–Crippen LogP) is 2.08. The summed E-state index contributed by atoms with van der Waals surface area (Å²) in [4.78, 5) is 35.8. The molecule has 0 atom stereocenters. The highest BCUT2D eigenvalue weighted by molar-refractivity contribution is 9.10. The molecule has 2 aromatic rings. The second-order valence-electron chi connectivity index (χ2n) is 5.13. The Hall–Kier alpha value is -3.07. The van der Waals surface area contributed by atoms with Crippen LogP contribution in [0.5, 0.6) is 11.5 Å². The Bertz CT molecular complexity index is 838. The van der Waals surface area contributed by atoms with Crippen LogP contribution in [-0.4, -0.2) is 38.6 Å². The van der Waals surface area contributed by atoms with Crippen LogP contribution in [0.3, 0.4) is 0 Å². The average Bonchev–Trinajstić information content (AvgIpc) is 2.69. The predicted molar refractivity (Wildman–Crippen MR) is 99.6 cm³/mol. The number of carbonyl (C=O) groups excluding carboxylic acids is 3. The van der Waals surface area contributed by atoms with Gasteiger partial charge in [0.25, 0.3) is 11.8 Å². The molecule has 0 radical (unpaired) electrons. The summed E-state index contributed by atoms with van der Waals surface area (Å²) in [6, 6.07) is 11.3. The van der Waals surface area contributed by atoms with Crippen molar-refractivity contribution in [3.05, 3.63) is 58.1 Å². The summed E-state index contributed by atoms with van der Waals surface area (Å²) < 4.78 is 16.0. The lowest BCUT2D eigenvalue weighted by Gasteiger charge is -2.12. The molecule has 0 fully saturated rings. The second kappa shape index (κ2) is 9.58. The Morgan fingerprint density at radius 1 is 0.963 bits per heavy atom. The fourth-order valence-corrected chi connectivity index (χ4v) is 2.36. The molecule has 2 aromatic carbocycles. The molecule has 0 unspecified atom stereocenters. The fourth-order valence-electron chi connectivity index (χ4n) is 2.09. The van der Waals surface area contributed by atoms with Gasteiger partial charge in [-0.3, -0.25) is 20.4 Å². The van der Waals surface area contributed by atoms with Gasteiger partial charge in [-0.2, -0.15) is 0 Å². The Balaban J connectivity index is 1.87. The van der Waals surface area contributed by atoms with E-state index in [1.165, 1.54) is 20.3 Å². The molecule has 2 rings (SSSR count). The molecule has 0 saturated heterocycles. The van der Waals surface area contributed by atoms with Crippen molar-refractivity contribution in [1.82, 2.24) is 10.9 Å². The SMILES string of the molecule is COc1cccc(C(=O)OCC(=O)NNC(=O)c2ccc(Br)cc2)c1OC. The van der Waals surface area contributed by atoms with E-state index in [9.17, 15) is 14.4 Å². The van der Waals surface area contributed by atoms with Crippen LogP contribution in [0.1, 0.15) is 20.7 Å². The van der Waals surface area contributed by atoms with Gasteiger partial charge in [-0.15, -0.1) is 0 Å². The number of amides is 2. The number of esters is 1. The van der Waals surface area contributed by atoms with Crippen LogP contribution in [0.4, 0.5) is 0 Å². The molecule has 27 heavy (non-hydrogen) atoms. The number of hydrogen-bond donors (Lipinski definition) is 2. The zero-order valence-electron chi connectivity index (χ0n) is 14.6. The lowest BCUT2D eigenvalue weighted by atomic mass is 10.2. The van der Waals surface area contributed by atoms with Gasteiger partial charge in [0.15, 0.2) is 18.1 Å². The highest BCUT2D eigenvalue weighted by Crippen LogP contribution is 2.30. The summed E-state index contributed by atoms with van der Waals surface area (Å²) in [5.41, 5.74) is 4.88. The van der Waals surface area contributed by atoms with E-state index < -0.39 is 24.4 Å². The maximum Gasteiger partial charge on any atom is 0.342 e. The van der Waals surface area contributed by atoms with Gasteiger partial charge < -0.3 is 14.2 Å². The minimum absolute atomic E-state index is 0.114. The van der Waals surface area contributed by atoms with Crippen molar-refractivity contribution in [1.29, 1.82) is 0 Å². The summed E-state index contributed by atoms with van der Waals surface area (Å²) >= 11 is 3.26. The van der Waals surface area contributed by atoms with Gasteiger partial charge in [0.1, 0.15) is 5.56 Å². The van der Waals surface area contributed by atoms with Gasteiger partial charge >= 0.3 is 5.97 Å². The average molecular weight is 437 g/mol. The topological polar surface area (TPSA) is 103 Å². The molecule has 8 nitrogen and oxygen atoms in total. The van der Waals surface area contributed by atoms with Crippen LogP contribution < -0.4 is 20.3 Å². The second-order valence-corrected chi connectivity index (χ2v) is 6.04. The number of carbonyl (C=O) groups is 3. The summed E-state index contributed by atoms with van der Waals surface area (Å²) in [5.74, 6) is -1.40. The Morgan fingerprint density at radius 2 is 1.67 bits per heavy atom. The number of rotatable bonds is 6. The van der Waals surface area contributed by atoms with Gasteiger partial charge in [-0.05, 0) is 36.4 Å². The Morgan fingerprint density at radius 3 is 2.30 bits per heavy atom. The third-order valence-electron chi connectivity index (χ3n) is 3.38. The summed E-state index contributed by atoms with van der Waals surface area (Å²) in [6.07, 6.45) is 0. The Kier molecular flexibility index (Phi) is 7.18. The van der Waals surface area contributed by atoms with E-state index in [1.807, 2.05) is 0 Å². The molecule has 0 aliphatic carbocycles. The molecule has 0 aliphatic rings. The van der Waals surface area contributed by atoms with Crippen LogP contribution in [0.15, 0.2) is 46.9 Å². The van der Waals surface area contributed by atoms with Crippen LogP contribution in [0.2, 0.25) is 0 Å². The van der Waals surface area contributed by atoms with Crippen LogP contribution in [0.25, 0.3) is 0 Å². The van der Waals surface area contributed by atoms with Crippen molar-refractivity contribution < 1.29 is 28.6 Å². The van der Waals surface area contributed by atoms with Crippen LogP contribution in [-0.2, 0) is 9.53 Å². The van der Waals surface area contributed by atoms with Crippen molar-refractivity contribution in [2.75, 3.05) is 20.8 Å². The van der Waals surface area contributed by atoms with Gasteiger partial charge in [0.05, 0.1) is 14.2 Å². The summed E-state index contributed by atoms with van der Waals surface area (Å²) in [5, 5.41) is 0. The molecule has 0 heterocycles. The number of ether oxygens (including phenoxy) is 3. The molecule has 2 N–H and O–H groups in total. The zero-order valence-corrected chi connectivity index (χ0v) is 16.2. The summed E-state index contributed by atoms with van der Waals surface area (Å²) in [7, 11) is 2.83. The fraction of sp³-hybridized carbons (Fsp3) is 0.167. The normalized spacial score (nSPS) is 9.89. The maximum atomic E-state index is 12.2. The number of nitrogens with one attached hydrogen (secondary N) is 2. The number of hydrogen-bond acceptors (Lipinski definition) is 6. The van der Waals surface area contributed by atoms with Crippen molar-refractivity contribution >= 4 is 33.7 Å². The van der Waals surface area contributed by atoms with E-state index >= 15 is 0 Å². The minimum Gasteiger partial charge on any atom is -0.493 e. The van der Waals surface area contributed by atoms with Gasteiger partial charge in [-0.25, -0.2) is 4.79 Å². The largest absolute Gasteiger partial charge is 0.493 e. The van der Waals surface area contributed by atoms with Crippen LogP contribution in [0, 0.1) is 0 Å². The number of benzene rings is 2. The van der Waals surface area contributed by atoms with E-state index in [0.717, 1.165) is 4.47 Å². The molecule has 0 aliphatic heterocycles. The van der Waals surface area contributed by atoms with Crippen molar-refractivity contribution in [3.63, 3.8) is 0 Å². The standard InChI is InChI=1S/C18H17BrN2O6/c1-25-14-5-3-4-13(16(14)26-2)18(24)27-10-15(22)20-21-17(23)11-6-8-12(19)9-7-11/h3-9H,10H2,1-2H3,(H,20,22)(H,21,23). The molecular formula is C18H17BrN2O6. The molecule has 142 valence electrons. The van der Waals surface area contributed by atoms with Crippen molar-refractivity contribution in [3.8, 4) is 11.5 Å². The lowest BCUT2D eigenvalue weighted by molar-refractivity contribution is -0.125. The van der Waals surface area contributed by atoms with Crippen molar-refractivity contribution in [2.24, 2.45) is 0 Å². The molecule has 0 bridgehead atoms. The highest BCUT2D eigenvalue weighted by atomic mass is 79.9. The zero-order chi connectivity index (χ0) is 19.8.